The van der Waals surface area contributed by atoms with Gasteiger partial charge in [0.15, 0.2) is 0 Å². The molecule has 0 saturated heterocycles. The zero-order valence-electron chi connectivity index (χ0n) is 14.9. The van der Waals surface area contributed by atoms with E-state index in [-0.39, 0.29) is 29.1 Å². The molecular formula is C19H19N2O6-. The topological polar surface area (TPSA) is 122 Å². The quantitative estimate of drug-likeness (QED) is 0.559. The third-order valence-electron chi connectivity index (χ3n) is 4.13. The molecule has 0 aliphatic rings. The number of hydrogen-bond acceptors (Lipinski definition) is 6. The molecule has 0 bridgehead atoms. The Kier molecular flexibility index (Phi) is 6.48. The van der Waals surface area contributed by atoms with Crippen LogP contribution in [0.3, 0.4) is 0 Å². The van der Waals surface area contributed by atoms with Crippen LogP contribution in [0.2, 0.25) is 0 Å². The van der Waals surface area contributed by atoms with E-state index in [9.17, 15) is 24.8 Å². The van der Waals surface area contributed by atoms with Crippen molar-refractivity contribution < 1.29 is 24.4 Å². The van der Waals surface area contributed by atoms with Crippen molar-refractivity contribution in [2.75, 3.05) is 12.4 Å². The first-order chi connectivity index (χ1) is 12.8. The van der Waals surface area contributed by atoms with Crippen LogP contribution >= 0.6 is 0 Å². The van der Waals surface area contributed by atoms with Crippen LogP contribution in [0, 0.1) is 10.1 Å². The molecule has 0 saturated carbocycles. The second-order valence-electron chi connectivity index (χ2n) is 5.95. The van der Waals surface area contributed by atoms with Gasteiger partial charge in [0.2, 0.25) is 11.9 Å². The molecule has 142 valence electrons. The molecule has 1 amide bonds. The van der Waals surface area contributed by atoms with E-state index in [1.54, 1.807) is 19.2 Å². The van der Waals surface area contributed by atoms with Crippen molar-refractivity contribution in [1.29, 1.82) is 0 Å². The van der Waals surface area contributed by atoms with Gasteiger partial charge >= 0.3 is 0 Å². The summed E-state index contributed by atoms with van der Waals surface area (Å²) in [6.45, 7) is 1.36. The Morgan fingerprint density at radius 2 is 1.85 bits per heavy atom. The molecule has 8 nitrogen and oxygen atoms in total. The van der Waals surface area contributed by atoms with Crippen molar-refractivity contribution >= 4 is 17.6 Å². The lowest BCUT2D eigenvalue weighted by Gasteiger charge is -2.14. The van der Waals surface area contributed by atoms with Crippen LogP contribution in [0.1, 0.15) is 40.9 Å². The third kappa shape index (κ3) is 5.27. The largest absolute Gasteiger partial charge is 0.545 e. The Hall–Kier alpha value is -3.42. The van der Waals surface area contributed by atoms with Crippen LogP contribution in [0.5, 0.6) is 5.75 Å². The number of rotatable bonds is 8. The number of benzene rings is 2. The van der Waals surface area contributed by atoms with Gasteiger partial charge in [-0.25, -0.2) is 0 Å². The maximum atomic E-state index is 12.3. The summed E-state index contributed by atoms with van der Waals surface area (Å²) >= 11 is 0. The fourth-order valence-electron chi connectivity index (χ4n) is 2.53. The molecule has 0 radical (unpaired) electrons. The summed E-state index contributed by atoms with van der Waals surface area (Å²) < 4.78 is 5.07. The highest BCUT2D eigenvalue weighted by molar-refractivity contribution is 5.94. The third-order valence-corrected chi connectivity index (χ3v) is 4.13. The van der Waals surface area contributed by atoms with Crippen molar-refractivity contribution in [2.45, 2.75) is 25.8 Å². The van der Waals surface area contributed by atoms with Gasteiger partial charge in [0, 0.05) is 23.8 Å². The number of carboxylic acid groups (broad SMARTS) is 1. The minimum atomic E-state index is -1.43. The van der Waals surface area contributed by atoms with Gasteiger partial charge in [-0.3, -0.25) is 14.9 Å². The summed E-state index contributed by atoms with van der Waals surface area (Å²) in [4.78, 5) is 33.9. The van der Waals surface area contributed by atoms with Crippen molar-refractivity contribution in [3.8, 4) is 5.75 Å². The predicted molar refractivity (Wildman–Crippen MR) is 96.1 cm³/mol. The van der Waals surface area contributed by atoms with E-state index in [1.165, 1.54) is 25.1 Å². The average Bonchev–Trinajstić information content (AvgIpc) is 2.66. The molecular weight excluding hydrogens is 352 g/mol. The number of amides is 1. The van der Waals surface area contributed by atoms with Gasteiger partial charge in [-0.05, 0) is 41.8 Å². The fourth-order valence-corrected chi connectivity index (χ4v) is 2.53. The summed E-state index contributed by atoms with van der Waals surface area (Å²) in [5.41, 5.74) is 1.08. The summed E-state index contributed by atoms with van der Waals surface area (Å²) in [5.74, 6) is -1.09. The van der Waals surface area contributed by atoms with Crippen LogP contribution in [0.4, 0.5) is 5.69 Å². The van der Waals surface area contributed by atoms with E-state index in [4.69, 9.17) is 4.74 Å². The smallest absolute Gasteiger partial charge is 0.237 e. The highest BCUT2D eigenvalue weighted by atomic mass is 16.6. The minimum Gasteiger partial charge on any atom is -0.545 e. The second kappa shape index (κ2) is 8.79. The van der Waals surface area contributed by atoms with Crippen LogP contribution in [-0.4, -0.2) is 23.9 Å². The summed E-state index contributed by atoms with van der Waals surface area (Å²) in [7, 11) is 1.56. The molecule has 0 aliphatic carbocycles. The van der Waals surface area contributed by atoms with E-state index >= 15 is 0 Å². The van der Waals surface area contributed by atoms with Gasteiger partial charge < -0.3 is 20.0 Å². The fraction of sp³-hybridized carbons (Fsp3) is 0.263. The first kappa shape index (κ1) is 19.9. The van der Waals surface area contributed by atoms with Gasteiger partial charge in [0.05, 0.1) is 18.8 Å². The number of ether oxygens (including phenoxy) is 1. The van der Waals surface area contributed by atoms with Gasteiger partial charge in [0.25, 0.3) is 0 Å². The van der Waals surface area contributed by atoms with Crippen molar-refractivity contribution in [3.63, 3.8) is 0 Å². The Balaban J connectivity index is 2.13. The molecule has 0 spiro atoms. The molecule has 0 heterocycles. The van der Waals surface area contributed by atoms with Crippen LogP contribution in [-0.2, 0) is 11.2 Å². The summed E-state index contributed by atoms with van der Waals surface area (Å²) in [6.07, 6.45) is 0.588. The molecule has 1 atom stereocenters. The minimum absolute atomic E-state index is 0.0978. The standard InChI is InChI=1S/C19H20N2O6/c1-12(21(25)26)16-9-6-14(19(23)24)11-17(16)20-18(22)10-5-13-3-7-15(27-2)8-4-13/h3-4,6-9,11-12H,5,10H2,1-2H3,(H,20,22)(H,23,24)/p-1. The summed E-state index contributed by atoms with van der Waals surface area (Å²) in [6, 6.07) is 9.86. The molecule has 2 rings (SSSR count). The van der Waals surface area contributed by atoms with Crippen LogP contribution in [0.15, 0.2) is 42.5 Å². The highest BCUT2D eigenvalue weighted by Gasteiger charge is 2.21. The normalized spacial score (nSPS) is 11.5. The lowest BCUT2D eigenvalue weighted by molar-refractivity contribution is -0.524. The van der Waals surface area contributed by atoms with Gasteiger partial charge in [0.1, 0.15) is 5.75 Å². The number of hydrogen-bond donors (Lipinski definition) is 1. The maximum absolute atomic E-state index is 12.3. The Morgan fingerprint density at radius 3 is 2.41 bits per heavy atom. The molecule has 1 unspecified atom stereocenters. The van der Waals surface area contributed by atoms with Crippen molar-refractivity contribution in [3.05, 3.63) is 69.3 Å². The monoisotopic (exact) mass is 371 g/mol. The number of nitro groups is 1. The van der Waals surface area contributed by atoms with E-state index in [0.717, 1.165) is 5.56 Å². The lowest BCUT2D eigenvalue weighted by Crippen LogP contribution is -2.23. The summed E-state index contributed by atoms with van der Waals surface area (Å²) in [5, 5.41) is 24.7. The first-order valence-electron chi connectivity index (χ1n) is 8.23. The number of aromatic carboxylic acids is 1. The second-order valence-corrected chi connectivity index (χ2v) is 5.95. The number of anilines is 1. The molecule has 1 N–H and O–H groups in total. The van der Waals surface area contributed by atoms with E-state index in [1.807, 2.05) is 12.1 Å². The number of carbonyl (C=O) groups is 2. The lowest BCUT2D eigenvalue weighted by atomic mass is 10.0. The molecule has 0 aliphatic heterocycles. The number of carbonyl (C=O) groups excluding carboxylic acids is 2. The molecule has 0 aromatic heterocycles. The van der Waals surface area contributed by atoms with E-state index < -0.39 is 16.9 Å². The SMILES string of the molecule is COc1ccc(CCC(=O)Nc2cc(C(=O)[O-])ccc2C(C)[N+](=O)[O-])cc1. The number of methoxy groups -OCH3 is 1. The Bertz CT molecular complexity index is 848. The molecule has 2 aromatic rings. The number of carboxylic acids is 1. The van der Waals surface area contributed by atoms with Gasteiger partial charge in [-0.2, -0.15) is 0 Å². The van der Waals surface area contributed by atoms with E-state index in [2.05, 4.69) is 5.32 Å². The molecule has 27 heavy (non-hydrogen) atoms. The Morgan fingerprint density at radius 1 is 1.19 bits per heavy atom. The molecule has 2 aromatic carbocycles. The zero-order valence-corrected chi connectivity index (χ0v) is 14.9. The number of nitrogens with zero attached hydrogens (tertiary/aromatic N) is 1. The molecule has 0 fully saturated rings. The Labute approximate surface area is 155 Å². The van der Waals surface area contributed by atoms with Gasteiger partial charge in [-0.15, -0.1) is 0 Å². The average molecular weight is 371 g/mol. The van der Waals surface area contributed by atoms with Crippen molar-refractivity contribution in [1.82, 2.24) is 0 Å². The van der Waals surface area contributed by atoms with E-state index in [0.29, 0.717) is 12.2 Å². The highest BCUT2D eigenvalue weighted by Crippen LogP contribution is 2.26. The molecule has 8 heteroatoms. The number of nitrogens with one attached hydrogen (secondary N) is 1. The van der Waals surface area contributed by atoms with Gasteiger partial charge in [-0.1, -0.05) is 18.2 Å². The van der Waals surface area contributed by atoms with Crippen LogP contribution < -0.4 is 15.2 Å². The first-order valence-corrected chi connectivity index (χ1v) is 8.23. The van der Waals surface area contributed by atoms with Crippen molar-refractivity contribution in [2.24, 2.45) is 0 Å². The zero-order chi connectivity index (χ0) is 20.0. The van der Waals surface area contributed by atoms with Crippen LogP contribution in [0.25, 0.3) is 0 Å². The maximum Gasteiger partial charge on any atom is 0.237 e. The number of aryl methyl sites for hydroxylation is 1. The predicted octanol–water partition coefficient (Wildman–Crippen LogP) is 1.97.